The Kier molecular flexibility index (Phi) is 4.00. The number of hydrogen-bond acceptors (Lipinski definition) is 1. The van der Waals surface area contributed by atoms with Gasteiger partial charge in [-0.3, -0.25) is 4.79 Å². The Hall–Kier alpha value is -2.09. The molecule has 0 radical (unpaired) electrons. The Morgan fingerprint density at radius 1 is 1.32 bits per heavy atom. The number of nitrogens with one attached hydrogen (secondary N) is 1. The summed E-state index contributed by atoms with van der Waals surface area (Å²) in [4.78, 5) is 15.5. The minimum atomic E-state index is 0.0630. The van der Waals surface area contributed by atoms with E-state index in [0.29, 0.717) is 0 Å². The number of benzene rings is 1. The van der Waals surface area contributed by atoms with Gasteiger partial charge in [-0.15, -0.1) is 0 Å². The molecule has 98 valence electrons. The molecule has 0 aliphatic rings. The molecule has 0 saturated heterocycles. The number of pyridine rings is 1. The van der Waals surface area contributed by atoms with Crippen molar-refractivity contribution in [3.8, 4) is 0 Å². The Balaban J connectivity index is 2.62. The molecule has 0 aliphatic heterocycles. The van der Waals surface area contributed by atoms with Gasteiger partial charge < -0.3 is 4.98 Å². The predicted molar refractivity (Wildman–Crippen MR) is 82.4 cm³/mol. The van der Waals surface area contributed by atoms with Crippen molar-refractivity contribution in [1.82, 2.24) is 4.98 Å². The molecule has 2 heteroatoms. The molecule has 2 nitrogen and oxygen atoms in total. The second-order valence-electron chi connectivity index (χ2n) is 4.65. The zero-order chi connectivity index (χ0) is 13.8. The van der Waals surface area contributed by atoms with Gasteiger partial charge in [-0.25, -0.2) is 0 Å². The van der Waals surface area contributed by atoms with Crippen molar-refractivity contribution in [2.24, 2.45) is 0 Å². The second-order valence-corrected chi connectivity index (χ2v) is 4.65. The molecule has 1 aromatic heterocycles. The lowest BCUT2D eigenvalue weighted by Crippen LogP contribution is -2.04. The van der Waals surface area contributed by atoms with Crippen molar-refractivity contribution in [3.63, 3.8) is 0 Å². The monoisotopic (exact) mass is 253 g/mol. The Labute approximate surface area is 113 Å². The molecule has 0 bridgehead atoms. The lowest BCUT2D eigenvalue weighted by molar-refractivity contribution is 1.22. The topological polar surface area (TPSA) is 32.9 Å². The maximum atomic E-state index is 12.1. The van der Waals surface area contributed by atoms with Crippen molar-refractivity contribution >= 4 is 16.5 Å². The number of hydrogen-bond donors (Lipinski definition) is 1. The molecule has 0 fully saturated rings. The van der Waals surface area contributed by atoms with Crippen LogP contribution in [0.4, 0.5) is 0 Å². The molecule has 0 unspecified atom stereocenters. The minimum Gasteiger partial charge on any atom is -0.354 e. The molecule has 0 aliphatic carbocycles. The van der Waals surface area contributed by atoms with Crippen molar-refractivity contribution in [3.05, 3.63) is 64.0 Å². The summed E-state index contributed by atoms with van der Waals surface area (Å²) in [5, 5.41) is 0.740. The van der Waals surface area contributed by atoms with E-state index in [1.54, 1.807) is 6.07 Å². The van der Waals surface area contributed by atoms with Crippen LogP contribution in [0.1, 0.15) is 31.5 Å². The van der Waals surface area contributed by atoms with E-state index in [-0.39, 0.29) is 5.43 Å². The van der Waals surface area contributed by atoms with Gasteiger partial charge in [0.05, 0.1) is 0 Å². The SMILES string of the molecule is C/C=C(\C=C/CC)c1cc(=O)c2ccc(C)cc2[nH]1. The van der Waals surface area contributed by atoms with Crippen molar-refractivity contribution in [1.29, 1.82) is 0 Å². The number of allylic oxidation sites excluding steroid dienone is 4. The predicted octanol–water partition coefficient (Wildman–Crippen LogP) is 4.21. The van der Waals surface area contributed by atoms with Gasteiger partial charge in [-0.1, -0.05) is 31.2 Å². The van der Waals surface area contributed by atoms with Gasteiger partial charge in [0, 0.05) is 22.7 Å². The molecule has 0 spiro atoms. The number of fused-ring (bicyclic) bond motifs is 1. The number of aryl methyl sites for hydroxylation is 1. The number of aromatic nitrogens is 1. The molecular formula is C17H19NO. The summed E-state index contributed by atoms with van der Waals surface area (Å²) >= 11 is 0. The summed E-state index contributed by atoms with van der Waals surface area (Å²) in [6.45, 7) is 6.10. The third-order valence-corrected chi connectivity index (χ3v) is 3.14. The number of aromatic amines is 1. The average Bonchev–Trinajstić information content (AvgIpc) is 2.39. The molecule has 0 atom stereocenters. The standard InChI is InChI=1S/C17H19NO/c1-4-6-7-13(5-2)15-11-17(19)14-9-8-12(3)10-16(14)18-15/h5-11H,4H2,1-3H3,(H,18,19)/b7-6-,13-5+. The smallest absolute Gasteiger partial charge is 0.190 e. The van der Waals surface area contributed by atoms with E-state index in [4.69, 9.17) is 0 Å². The van der Waals surface area contributed by atoms with Gasteiger partial charge in [-0.05, 0) is 43.5 Å². The van der Waals surface area contributed by atoms with Gasteiger partial charge in [0.25, 0.3) is 0 Å². The van der Waals surface area contributed by atoms with Crippen LogP contribution in [0.3, 0.4) is 0 Å². The van der Waals surface area contributed by atoms with Gasteiger partial charge in [-0.2, -0.15) is 0 Å². The zero-order valence-electron chi connectivity index (χ0n) is 11.7. The Bertz CT molecular complexity index is 705. The first-order chi connectivity index (χ1) is 9.15. The summed E-state index contributed by atoms with van der Waals surface area (Å²) in [7, 11) is 0. The van der Waals surface area contributed by atoms with E-state index in [2.05, 4.69) is 18.0 Å². The fourth-order valence-electron chi connectivity index (χ4n) is 2.11. The third kappa shape index (κ3) is 2.84. The number of H-pyrrole nitrogens is 1. The summed E-state index contributed by atoms with van der Waals surface area (Å²) < 4.78 is 0. The normalized spacial score (nSPS) is 12.5. The molecular weight excluding hydrogens is 234 g/mol. The van der Waals surface area contributed by atoms with E-state index in [1.807, 2.05) is 44.2 Å². The van der Waals surface area contributed by atoms with Gasteiger partial charge in [0.1, 0.15) is 0 Å². The van der Waals surface area contributed by atoms with Crippen molar-refractivity contribution in [2.75, 3.05) is 0 Å². The first kappa shape index (κ1) is 13.3. The van der Waals surface area contributed by atoms with E-state index in [9.17, 15) is 4.79 Å². The first-order valence-corrected chi connectivity index (χ1v) is 6.62. The van der Waals surface area contributed by atoms with Crippen LogP contribution in [0.25, 0.3) is 16.5 Å². The number of rotatable bonds is 3. The fraction of sp³-hybridized carbons (Fsp3) is 0.235. The highest BCUT2D eigenvalue weighted by Gasteiger charge is 2.04. The second kappa shape index (κ2) is 5.70. The quantitative estimate of drug-likeness (QED) is 0.817. The average molecular weight is 253 g/mol. The van der Waals surface area contributed by atoms with Crippen LogP contribution in [0, 0.1) is 6.92 Å². The van der Waals surface area contributed by atoms with E-state index >= 15 is 0 Å². The third-order valence-electron chi connectivity index (χ3n) is 3.14. The van der Waals surface area contributed by atoms with Crippen LogP contribution >= 0.6 is 0 Å². The fourth-order valence-corrected chi connectivity index (χ4v) is 2.11. The van der Waals surface area contributed by atoms with E-state index in [0.717, 1.165) is 34.2 Å². The van der Waals surface area contributed by atoms with Crippen molar-refractivity contribution in [2.45, 2.75) is 27.2 Å². The molecule has 1 aromatic carbocycles. The summed E-state index contributed by atoms with van der Waals surface area (Å²) in [5.41, 5.74) is 4.02. The Morgan fingerprint density at radius 2 is 2.11 bits per heavy atom. The first-order valence-electron chi connectivity index (χ1n) is 6.62. The minimum absolute atomic E-state index is 0.0630. The van der Waals surface area contributed by atoms with Crippen LogP contribution in [0.2, 0.25) is 0 Å². The van der Waals surface area contributed by atoms with Crippen LogP contribution in [-0.2, 0) is 0 Å². The van der Waals surface area contributed by atoms with Crippen LogP contribution in [0.5, 0.6) is 0 Å². The van der Waals surface area contributed by atoms with Gasteiger partial charge in [0.15, 0.2) is 5.43 Å². The molecule has 0 saturated carbocycles. The van der Waals surface area contributed by atoms with Gasteiger partial charge >= 0.3 is 0 Å². The van der Waals surface area contributed by atoms with E-state index < -0.39 is 0 Å². The highest BCUT2D eigenvalue weighted by atomic mass is 16.1. The zero-order valence-corrected chi connectivity index (χ0v) is 11.7. The van der Waals surface area contributed by atoms with Gasteiger partial charge in [0.2, 0.25) is 0 Å². The van der Waals surface area contributed by atoms with E-state index in [1.165, 1.54) is 0 Å². The van der Waals surface area contributed by atoms with Crippen LogP contribution in [-0.4, -0.2) is 4.98 Å². The molecule has 1 N–H and O–H groups in total. The lowest BCUT2D eigenvalue weighted by Gasteiger charge is -2.06. The highest BCUT2D eigenvalue weighted by Crippen LogP contribution is 2.17. The molecule has 19 heavy (non-hydrogen) atoms. The highest BCUT2D eigenvalue weighted by molar-refractivity contribution is 5.82. The summed E-state index contributed by atoms with van der Waals surface area (Å²) in [6.07, 6.45) is 7.13. The maximum absolute atomic E-state index is 12.1. The van der Waals surface area contributed by atoms with Crippen LogP contribution < -0.4 is 5.43 Å². The summed E-state index contributed by atoms with van der Waals surface area (Å²) in [6, 6.07) is 7.53. The molecule has 2 aromatic rings. The maximum Gasteiger partial charge on any atom is 0.190 e. The van der Waals surface area contributed by atoms with Crippen molar-refractivity contribution < 1.29 is 0 Å². The van der Waals surface area contributed by atoms with Crippen LogP contribution in [0.15, 0.2) is 47.3 Å². The largest absolute Gasteiger partial charge is 0.354 e. The lowest BCUT2D eigenvalue weighted by atomic mass is 10.1. The molecule has 2 rings (SSSR count). The molecule has 0 amide bonds. The Morgan fingerprint density at radius 3 is 2.79 bits per heavy atom. The summed E-state index contributed by atoms with van der Waals surface area (Å²) in [5.74, 6) is 0. The molecule has 1 heterocycles.